The monoisotopic (exact) mass is 302 g/mol. The average Bonchev–Trinajstić information content (AvgIpc) is 2.34. The van der Waals surface area contributed by atoms with Crippen LogP contribution in [0.4, 0.5) is 0 Å². The largest absolute Gasteiger partial charge is 0.326 e. The van der Waals surface area contributed by atoms with Gasteiger partial charge < -0.3 is 5.73 Å². The van der Waals surface area contributed by atoms with Crippen LogP contribution in [-0.4, -0.2) is 14.0 Å². The molecular weight excluding hydrogens is 284 g/mol. The van der Waals surface area contributed by atoms with Gasteiger partial charge in [-0.3, -0.25) is 0 Å². The highest BCUT2D eigenvalue weighted by atomic mass is 35.5. The summed E-state index contributed by atoms with van der Waals surface area (Å²) >= 11 is 6.02. The van der Waals surface area contributed by atoms with Crippen LogP contribution in [0.25, 0.3) is 0 Å². The Kier molecular flexibility index (Phi) is 4.20. The van der Waals surface area contributed by atoms with Crippen LogP contribution >= 0.6 is 11.6 Å². The van der Waals surface area contributed by atoms with E-state index in [4.69, 9.17) is 17.3 Å². The third kappa shape index (κ3) is 2.94. The highest BCUT2D eigenvalue weighted by Crippen LogP contribution is 2.36. The molecule has 6 heteroatoms. The van der Waals surface area contributed by atoms with Gasteiger partial charge in [0.1, 0.15) is 0 Å². The number of nitrogens with one attached hydrogen (secondary N) is 1. The van der Waals surface area contributed by atoms with Gasteiger partial charge in [-0.05, 0) is 43.4 Å². The second kappa shape index (κ2) is 5.40. The molecule has 0 spiro atoms. The molecule has 4 nitrogen and oxygen atoms in total. The van der Waals surface area contributed by atoms with Crippen LogP contribution < -0.4 is 10.5 Å². The van der Waals surface area contributed by atoms with E-state index in [0.717, 1.165) is 31.2 Å². The minimum atomic E-state index is -3.51. The molecule has 0 saturated heterocycles. The summed E-state index contributed by atoms with van der Waals surface area (Å²) in [5.41, 5.74) is 5.99. The van der Waals surface area contributed by atoms with E-state index in [2.05, 4.69) is 4.72 Å². The van der Waals surface area contributed by atoms with Crippen LogP contribution in [0.3, 0.4) is 0 Å². The van der Waals surface area contributed by atoms with Crippen LogP contribution in [0.2, 0.25) is 5.02 Å². The zero-order chi connectivity index (χ0) is 14.1. The number of rotatable bonds is 5. The molecule has 19 heavy (non-hydrogen) atoms. The number of sulfonamides is 1. The fourth-order valence-corrected chi connectivity index (χ4v) is 4.21. The van der Waals surface area contributed by atoms with E-state index >= 15 is 0 Å². The molecule has 0 unspecified atom stereocenters. The van der Waals surface area contributed by atoms with E-state index in [0.29, 0.717) is 11.6 Å². The van der Waals surface area contributed by atoms with Gasteiger partial charge in [0.15, 0.2) is 0 Å². The molecule has 0 heterocycles. The lowest BCUT2D eigenvalue weighted by molar-refractivity contribution is 0.214. The van der Waals surface area contributed by atoms with Gasteiger partial charge in [0.25, 0.3) is 0 Å². The van der Waals surface area contributed by atoms with Gasteiger partial charge in [-0.25, -0.2) is 13.1 Å². The lowest BCUT2D eigenvalue weighted by atomic mass is 9.76. The Balaban J connectivity index is 2.27. The Morgan fingerprint density at radius 2 is 2.11 bits per heavy atom. The van der Waals surface area contributed by atoms with Crippen molar-refractivity contribution in [3.8, 4) is 0 Å². The lowest BCUT2D eigenvalue weighted by Gasteiger charge is -2.41. The van der Waals surface area contributed by atoms with Crippen LogP contribution in [0.5, 0.6) is 0 Å². The van der Waals surface area contributed by atoms with E-state index in [-0.39, 0.29) is 10.4 Å². The molecule has 2 rings (SSSR count). The van der Waals surface area contributed by atoms with Gasteiger partial charge in [-0.1, -0.05) is 24.6 Å². The Labute approximate surface area is 119 Å². The van der Waals surface area contributed by atoms with Gasteiger partial charge in [0, 0.05) is 17.1 Å². The van der Waals surface area contributed by atoms with Gasteiger partial charge in [-0.15, -0.1) is 0 Å². The van der Waals surface area contributed by atoms with Crippen molar-refractivity contribution < 1.29 is 8.42 Å². The van der Waals surface area contributed by atoms with Crippen molar-refractivity contribution in [3.05, 3.63) is 28.8 Å². The predicted octanol–water partition coefficient (Wildman–Crippen LogP) is 2.41. The molecule has 1 fully saturated rings. The van der Waals surface area contributed by atoms with Crippen LogP contribution in [0.1, 0.15) is 38.2 Å². The van der Waals surface area contributed by atoms with Crippen LogP contribution in [0.15, 0.2) is 23.1 Å². The fourth-order valence-electron chi connectivity index (χ4n) is 2.34. The molecule has 0 aliphatic heterocycles. The van der Waals surface area contributed by atoms with Crippen molar-refractivity contribution in [2.24, 2.45) is 5.73 Å². The maximum absolute atomic E-state index is 12.4. The molecule has 0 atom stereocenters. The Morgan fingerprint density at radius 1 is 1.42 bits per heavy atom. The number of nitrogens with two attached hydrogens (primary N) is 1. The standard InChI is InChI=1S/C13H19ClN2O2S/c1-2-13(6-3-7-13)16-19(17,18)11-5-4-10(9-15)12(14)8-11/h4-5,8,16H,2-3,6-7,9,15H2,1H3. The summed E-state index contributed by atoms with van der Waals surface area (Å²) in [5.74, 6) is 0. The summed E-state index contributed by atoms with van der Waals surface area (Å²) in [7, 11) is -3.51. The molecule has 1 saturated carbocycles. The second-order valence-electron chi connectivity index (χ2n) is 5.05. The fraction of sp³-hybridized carbons (Fsp3) is 0.538. The number of halogens is 1. The Bertz CT molecular complexity index is 562. The topological polar surface area (TPSA) is 72.2 Å². The molecule has 1 aromatic rings. The summed E-state index contributed by atoms with van der Waals surface area (Å²) in [6.07, 6.45) is 3.68. The lowest BCUT2D eigenvalue weighted by Crippen LogP contribution is -2.52. The van der Waals surface area contributed by atoms with E-state index < -0.39 is 10.0 Å². The van der Waals surface area contributed by atoms with Crippen molar-refractivity contribution >= 4 is 21.6 Å². The first-order chi connectivity index (χ1) is 8.92. The molecule has 3 N–H and O–H groups in total. The molecule has 0 radical (unpaired) electrons. The minimum Gasteiger partial charge on any atom is -0.326 e. The summed E-state index contributed by atoms with van der Waals surface area (Å²) in [5, 5.41) is 0.393. The van der Waals surface area contributed by atoms with Crippen LogP contribution in [0, 0.1) is 0 Å². The van der Waals surface area contributed by atoms with Crippen molar-refractivity contribution in [1.29, 1.82) is 0 Å². The second-order valence-corrected chi connectivity index (χ2v) is 7.14. The molecule has 106 valence electrons. The van der Waals surface area contributed by atoms with Gasteiger partial charge in [0.2, 0.25) is 10.0 Å². The van der Waals surface area contributed by atoms with E-state index in [1.165, 1.54) is 6.07 Å². The maximum atomic E-state index is 12.4. The predicted molar refractivity (Wildman–Crippen MR) is 76.5 cm³/mol. The first-order valence-corrected chi connectivity index (χ1v) is 8.31. The van der Waals surface area contributed by atoms with Gasteiger partial charge in [-0.2, -0.15) is 0 Å². The van der Waals surface area contributed by atoms with Crippen LogP contribution in [-0.2, 0) is 16.6 Å². The summed E-state index contributed by atoms with van der Waals surface area (Å²) in [6, 6.07) is 4.68. The van der Waals surface area contributed by atoms with E-state index in [1.807, 2.05) is 6.92 Å². The quantitative estimate of drug-likeness (QED) is 0.877. The van der Waals surface area contributed by atoms with Gasteiger partial charge in [0.05, 0.1) is 4.90 Å². The average molecular weight is 303 g/mol. The van der Waals surface area contributed by atoms with Gasteiger partial charge >= 0.3 is 0 Å². The Hall–Kier alpha value is -0.620. The molecule has 0 bridgehead atoms. The molecular formula is C13H19ClN2O2S. The number of benzene rings is 1. The number of hydrogen-bond donors (Lipinski definition) is 2. The van der Waals surface area contributed by atoms with Crippen molar-refractivity contribution in [2.45, 2.75) is 49.6 Å². The number of hydrogen-bond acceptors (Lipinski definition) is 3. The normalized spacial score (nSPS) is 18.1. The summed E-state index contributed by atoms with van der Waals surface area (Å²) < 4.78 is 27.5. The Morgan fingerprint density at radius 3 is 2.53 bits per heavy atom. The maximum Gasteiger partial charge on any atom is 0.241 e. The van der Waals surface area contributed by atoms with Crippen molar-refractivity contribution in [3.63, 3.8) is 0 Å². The molecule has 0 aromatic heterocycles. The highest BCUT2D eigenvalue weighted by Gasteiger charge is 2.39. The SMILES string of the molecule is CCC1(NS(=O)(=O)c2ccc(CN)c(Cl)c2)CCC1. The summed E-state index contributed by atoms with van der Waals surface area (Å²) in [6.45, 7) is 2.30. The molecule has 1 aromatic carbocycles. The molecule has 1 aliphatic rings. The smallest absolute Gasteiger partial charge is 0.241 e. The highest BCUT2D eigenvalue weighted by molar-refractivity contribution is 7.89. The third-order valence-electron chi connectivity index (χ3n) is 3.89. The first-order valence-electron chi connectivity index (χ1n) is 6.45. The van der Waals surface area contributed by atoms with Crippen molar-refractivity contribution in [2.75, 3.05) is 0 Å². The van der Waals surface area contributed by atoms with Crippen molar-refractivity contribution in [1.82, 2.24) is 4.72 Å². The summed E-state index contributed by atoms with van der Waals surface area (Å²) in [4.78, 5) is 0.203. The minimum absolute atomic E-state index is 0.203. The first kappa shape index (κ1) is 14.8. The van der Waals surface area contributed by atoms with E-state index in [1.54, 1.807) is 12.1 Å². The molecule has 1 aliphatic carbocycles. The zero-order valence-electron chi connectivity index (χ0n) is 10.9. The van der Waals surface area contributed by atoms with E-state index in [9.17, 15) is 8.42 Å². The zero-order valence-corrected chi connectivity index (χ0v) is 12.5. The molecule has 0 amide bonds. The third-order valence-corrected chi connectivity index (χ3v) is 5.82.